The van der Waals surface area contributed by atoms with Crippen LogP contribution in [-0.4, -0.2) is 29.8 Å². The number of nitrogens with zero attached hydrogens (tertiary/aromatic N) is 4. The third-order valence-electron chi connectivity index (χ3n) is 5.79. The normalized spacial score (nSPS) is 15.9. The molecule has 0 saturated heterocycles. The van der Waals surface area contributed by atoms with Gasteiger partial charge in [-0.25, -0.2) is 0 Å². The molecular formula is C25H32N4. The minimum absolute atomic E-state index is 0.883. The molecule has 0 N–H and O–H groups in total. The maximum atomic E-state index is 2.36. The van der Waals surface area contributed by atoms with E-state index < -0.39 is 0 Å². The number of aryl methyl sites for hydroxylation is 6. The minimum Gasteiger partial charge on any atom is -0.341 e. The summed E-state index contributed by atoms with van der Waals surface area (Å²) in [5.74, 6) is 0. The lowest BCUT2D eigenvalue weighted by Crippen LogP contribution is -2.36. The van der Waals surface area contributed by atoms with E-state index in [0.717, 1.165) is 20.0 Å². The second kappa shape index (κ2) is 7.51. The summed E-state index contributed by atoms with van der Waals surface area (Å²) in [4.78, 5) is 9.44. The van der Waals surface area contributed by atoms with E-state index in [9.17, 15) is 0 Å². The summed E-state index contributed by atoms with van der Waals surface area (Å²) >= 11 is 0. The summed E-state index contributed by atoms with van der Waals surface area (Å²) < 4.78 is 0. The summed E-state index contributed by atoms with van der Waals surface area (Å²) in [6.07, 6.45) is 8.82. The molecule has 0 radical (unpaired) electrons. The first kappa shape index (κ1) is 19.4. The summed E-state index contributed by atoms with van der Waals surface area (Å²) in [5.41, 5.74) is 10.7. The maximum absolute atomic E-state index is 2.36. The molecule has 2 aliphatic heterocycles. The summed E-state index contributed by atoms with van der Waals surface area (Å²) in [6, 6.07) is 9.08. The van der Waals surface area contributed by atoms with Gasteiger partial charge in [0.2, 0.25) is 0 Å². The fourth-order valence-corrected chi connectivity index (χ4v) is 4.89. The van der Waals surface area contributed by atoms with Gasteiger partial charge in [-0.1, -0.05) is 35.4 Å². The van der Waals surface area contributed by atoms with Gasteiger partial charge in [0.05, 0.1) is 20.0 Å². The molecule has 0 bridgehead atoms. The van der Waals surface area contributed by atoms with E-state index in [1.807, 2.05) is 0 Å². The van der Waals surface area contributed by atoms with Crippen LogP contribution in [0.4, 0.5) is 11.4 Å². The molecule has 4 heteroatoms. The van der Waals surface area contributed by atoms with Crippen molar-refractivity contribution >= 4 is 11.4 Å². The van der Waals surface area contributed by atoms with Crippen LogP contribution >= 0.6 is 0 Å². The van der Waals surface area contributed by atoms with Crippen molar-refractivity contribution in [2.45, 2.75) is 41.5 Å². The lowest BCUT2D eigenvalue weighted by molar-refractivity contribution is 0.250. The van der Waals surface area contributed by atoms with Gasteiger partial charge in [0.1, 0.15) is 0 Å². The second-order valence-electron chi connectivity index (χ2n) is 8.63. The van der Waals surface area contributed by atoms with Gasteiger partial charge in [-0.05, 0) is 63.8 Å². The van der Waals surface area contributed by atoms with Gasteiger partial charge < -0.3 is 19.6 Å². The van der Waals surface area contributed by atoms with E-state index in [4.69, 9.17) is 0 Å². The van der Waals surface area contributed by atoms with E-state index in [2.05, 4.69) is 110 Å². The van der Waals surface area contributed by atoms with Crippen LogP contribution < -0.4 is 9.80 Å². The number of hydrogen-bond acceptors (Lipinski definition) is 4. The van der Waals surface area contributed by atoms with Gasteiger partial charge in [-0.2, -0.15) is 0 Å². The van der Waals surface area contributed by atoms with Crippen molar-refractivity contribution in [2.75, 3.05) is 29.8 Å². The van der Waals surface area contributed by atoms with E-state index >= 15 is 0 Å². The lowest BCUT2D eigenvalue weighted by atomic mass is 10.0. The van der Waals surface area contributed by atoms with Crippen molar-refractivity contribution in [2.24, 2.45) is 0 Å². The molecule has 2 aliphatic rings. The molecule has 4 rings (SSSR count). The molecule has 0 fully saturated rings. The third-order valence-corrected chi connectivity index (χ3v) is 5.79. The first-order chi connectivity index (χ1) is 13.8. The molecule has 0 aliphatic carbocycles. The Kier molecular flexibility index (Phi) is 5.03. The molecule has 29 heavy (non-hydrogen) atoms. The highest BCUT2D eigenvalue weighted by molar-refractivity contribution is 5.63. The standard InChI is InChI=1S/C25H32N4/c1-18-11-20(3)24(21(4)12-18)28-9-7-26(16-28)15-27-8-10-29(17-27)25-22(5)13-19(2)14-23(25)6/h7-14H,15-17H2,1-6H3. The molecule has 0 aromatic heterocycles. The van der Waals surface area contributed by atoms with Crippen LogP contribution in [0, 0.1) is 41.5 Å². The van der Waals surface area contributed by atoms with E-state index in [1.165, 1.54) is 44.8 Å². The Balaban J connectivity index is 1.40. The molecule has 2 aromatic carbocycles. The predicted octanol–water partition coefficient (Wildman–Crippen LogP) is 5.30. The summed E-state index contributed by atoms with van der Waals surface area (Å²) in [6.45, 7) is 15.8. The van der Waals surface area contributed by atoms with Gasteiger partial charge in [0.25, 0.3) is 0 Å². The van der Waals surface area contributed by atoms with Gasteiger partial charge in [-0.15, -0.1) is 0 Å². The fourth-order valence-electron chi connectivity index (χ4n) is 4.89. The largest absolute Gasteiger partial charge is 0.341 e. The van der Waals surface area contributed by atoms with Gasteiger partial charge in [0, 0.05) is 36.2 Å². The maximum Gasteiger partial charge on any atom is 0.0958 e. The van der Waals surface area contributed by atoms with Crippen LogP contribution in [-0.2, 0) is 0 Å². The van der Waals surface area contributed by atoms with Crippen LogP contribution in [0.3, 0.4) is 0 Å². The van der Waals surface area contributed by atoms with Gasteiger partial charge in [-0.3, -0.25) is 0 Å². The Hall–Kier alpha value is -2.88. The smallest absolute Gasteiger partial charge is 0.0958 e. The van der Waals surface area contributed by atoms with Crippen LogP contribution in [0.2, 0.25) is 0 Å². The second-order valence-corrected chi connectivity index (χ2v) is 8.63. The Morgan fingerprint density at radius 1 is 0.552 bits per heavy atom. The summed E-state index contributed by atoms with van der Waals surface area (Å²) in [7, 11) is 0. The third kappa shape index (κ3) is 3.84. The van der Waals surface area contributed by atoms with Crippen molar-refractivity contribution in [3.05, 3.63) is 82.4 Å². The van der Waals surface area contributed by atoms with Crippen molar-refractivity contribution in [1.82, 2.24) is 9.80 Å². The quantitative estimate of drug-likeness (QED) is 0.705. The Morgan fingerprint density at radius 2 is 0.897 bits per heavy atom. The van der Waals surface area contributed by atoms with Crippen molar-refractivity contribution in [3.8, 4) is 0 Å². The van der Waals surface area contributed by atoms with Crippen molar-refractivity contribution in [3.63, 3.8) is 0 Å². The first-order valence-corrected chi connectivity index (χ1v) is 10.4. The zero-order valence-corrected chi connectivity index (χ0v) is 18.5. The average molecular weight is 389 g/mol. The lowest BCUT2D eigenvalue weighted by Gasteiger charge is -2.29. The molecule has 152 valence electrons. The van der Waals surface area contributed by atoms with Gasteiger partial charge in [0.15, 0.2) is 0 Å². The van der Waals surface area contributed by atoms with E-state index in [-0.39, 0.29) is 0 Å². The van der Waals surface area contributed by atoms with Crippen molar-refractivity contribution in [1.29, 1.82) is 0 Å². The molecule has 0 amide bonds. The number of anilines is 2. The highest BCUT2D eigenvalue weighted by Gasteiger charge is 2.22. The average Bonchev–Trinajstić information content (AvgIpc) is 3.23. The number of benzene rings is 2. The molecule has 4 nitrogen and oxygen atoms in total. The zero-order chi connectivity index (χ0) is 20.7. The fraction of sp³-hybridized carbons (Fsp3) is 0.360. The number of rotatable bonds is 4. The van der Waals surface area contributed by atoms with E-state index in [1.54, 1.807) is 0 Å². The summed E-state index contributed by atoms with van der Waals surface area (Å²) in [5, 5.41) is 0. The molecule has 2 heterocycles. The zero-order valence-electron chi connectivity index (χ0n) is 18.5. The van der Waals surface area contributed by atoms with Crippen molar-refractivity contribution < 1.29 is 0 Å². The number of hydrogen-bond donors (Lipinski definition) is 0. The Bertz CT molecular complexity index is 863. The predicted molar refractivity (Wildman–Crippen MR) is 123 cm³/mol. The highest BCUT2D eigenvalue weighted by atomic mass is 15.4. The molecule has 0 saturated carbocycles. The van der Waals surface area contributed by atoms with Crippen LogP contribution in [0.1, 0.15) is 33.4 Å². The van der Waals surface area contributed by atoms with Crippen LogP contribution in [0.25, 0.3) is 0 Å². The Labute approximate surface area is 175 Å². The van der Waals surface area contributed by atoms with E-state index in [0.29, 0.717) is 0 Å². The van der Waals surface area contributed by atoms with Crippen LogP contribution in [0.15, 0.2) is 49.1 Å². The SMILES string of the molecule is Cc1cc(C)c(N2C=CN(CN3C=CN(c4c(C)cc(C)cc4C)C3)C2)c(C)c1. The topological polar surface area (TPSA) is 13.0 Å². The minimum atomic E-state index is 0.883. The Morgan fingerprint density at radius 3 is 1.24 bits per heavy atom. The molecule has 0 unspecified atom stereocenters. The van der Waals surface area contributed by atoms with Gasteiger partial charge >= 0.3 is 0 Å². The molecular weight excluding hydrogens is 356 g/mol. The molecule has 0 atom stereocenters. The first-order valence-electron chi connectivity index (χ1n) is 10.4. The molecule has 2 aromatic rings. The van der Waals surface area contributed by atoms with Crippen LogP contribution in [0.5, 0.6) is 0 Å². The highest BCUT2D eigenvalue weighted by Crippen LogP contribution is 2.31. The monoisotopic (exact) mass is 388 g/mol. The molecule has 0 spiro atoms.